The first kappa shape index (κ1) is 19.4. The Morgan fingerprint density at radius 3 is 2.41 bits per heavy atom. The molecular weight excluding hydrogens is 367 g/mol. The van der Waals surface area contributed by atoms with Crippen LogP contribution in [0.3, 0.4) is 0 Å². The van der Waals surface area contributed by atoms with Gasteiger partial charge in [-0.15, -0.1) is 0 Å². The lowest BCUT2D eigenvalue weighted by atomic mass is 10.0. The number of hydrogen-bond acceptors (Lipinski definition) is 3. The van der Waals surface area contributed by atoms with E-state index in [4.69, 9.17) is 0 Å². The Morgan fingerprint density at radius 2 is 1.77 bits per heavy atom. The van der Waals surface area contributed by atoms with Crippen molar-refractivity contribution in [3.63, 3.8) is 0 Å². The van der Waals surface area contributed by atoms with Gasteiger partial charge >= 0.3 is 0 Å². The molecule has 0 unspecified atom stereocenters. The van der Waals surface area contributed by atoms with Crippen LogP contribution in [0.2, 0.25) is 0 Å². The van der Waals surface area contributed by atoms with Gasteiger partial charge in [0.25, 0.3) is 0 Å². The van der Waals surface area contributed by atoms with Crippen molar-refractivity contribution in [2.75, 3.05) is 0 Å². The third-order valence-electron chi connectivity index (χ3n) is 3.28. The maximum Gasteiger partial charge on any atom is 0.193 e. The van der Waals surface area contributed by atoms with Crippen molar-refractivity contribution in [1.82, 2.24) is 0 Å². The van der Waals surface area contributed by atoms with E-state index in [0.29, 0.717) is 27.8 Å². The van der Waals surface area contributed by atoms with E-state index in [1.54, 1.807) is 12.1 Å². The monoisotopic (exact) mass is 388 g/mol. The molecule has 0 radical (unpaired) electrons. The summed E-state index contributed by atoms with van der Waals surface area (Å²) in [5.74, 6) is -0.359. The summed E-state index contributed by atoms with van der Waals surface area (Å²) in [6.07, 6.45) is 4.64. The summed E-state index contributed by atoms with van der Waals surface area (Å²) >= 11 is 4.07. The van der Waals surface area contributed by atoms with Crippen LogP contribution in [0.1, 0.15) is 57.9 Å². The summed E-state index contributed by atoms with van der Waals surface area (Å²) in [6.45, 7) is 4.04. The van der Waals surface area contributed by atoms with Crippen LogP contribution >= 0.6 is 27.7 Å². The molecule has 0 aliphatic heterocycles. The van der Waals surface area contributed by atoms with Crippen molar-refractivity contribution in [2.24, 2.45) is 0 Å². The third-order valence-corrected chi connectivity index (χ3v) is 4.97. The first-order valence-corrected chi connectivity index (χ1v) is 9.29. The van der Waals surface area contributed by atoms with Gasteiger partial charge < -0.3 is 0 Å². The molecule has 1 aromatic carbocycles. The van der Waals surface area contributed by atoms with Gasteiger partial charge in [-0.3, -0.25) is 9.59 Å². The van der Waals surface area contributed by atoms with Gasteiger partial charge in [-0.25, -0.2) is 4.39 Å². The minimum absolute atomic E-state index is 0.0545. The van der Waals surface area contributed by atoms with E-state index in [0.717, 1.165) is 37.4 Å². The third kappa shape index (κ3) is 6.21. The molecule has 1 rings (SSSR count). The molecule has 0 aliphatic rings. The quantitative estimate of drug-likeness (QED) is 0.508. The molecule has 1 aromatic rings. The van der Waals surface area contributed by atoms with E-state index in [-0.39, 0.29) is 17.3 Å². The number of hydrogen-bond donors (Lipinski definition) is 0. The zero-order valence-electron chi connectivity index (χ0n) is 13.1. The highest BCUT2D eigenvalue weighted by Crippen LogP contribution is 2.33. The highest BCUT2D eigenvalue weighted by atomic mass is 79.9. The number of thioether (sulfide) groups is 1. The first-order valence-electron chi connectivity index (χ1n) is 7.68. The molecule has 0 spiro atoms. The second-order valence-corrected chi connectivity index (χ2v) is 7.17. The lowest BCUT2D eigenvalue weighted by Gasteiger charge is -2.10. The Balaban J connectivity index is 2.90. The number of Topliss-reactive ketones (excluding diaryl/α,β-unsaturated/α-hetero) is 1. The van der Waals surface area contributed by atoms with Crippen LogP contribution < -0.4 is 0 Å². The molecule has 0 saturated carbocycles. The fourth-order valence-corrected chi connectivity index (χ4v) is 3.39. The average Bonchev–Trinajstić information content (AvgIpc) is 2.50. The van der Waals surface area contributed by atoms with Gasteiger partial charge in [-0.2, -0.15) is 0 Å². The number of ketones is 1. The van der Waals surface area contributed by atoms with Crippen LogP contribution in [0, 0.1) is 5.82 Å². The standard InChI is InChI=1S/C17H22BrFO2S/c1-3-5-7-13(20)11-12-9-10-14(18)16(19)17(12)22-15(21)8-6-4-2/h9-10H,3-8,11H2,1-2H3. The second kappa shape index (κ2) is 10.2. The van der Waals surface area contributed by atoms with Gasteiger partial charge in [0.05, 0.1) is 9.37 Å². The molecule has 122 valence electrons. The Bertz CT molecular complexity index is 532. The van der Waals surface area contributed by atoms with Gasteiger partial charge in [0.1, 0.15) is 5.78 Å². The van der Waals surface area contributed by atoms with Gasteiger partial charge in [0, 0.05) is 19.3 Å². The number of carbonyl (C=O) groups excluding carboxylic acids is 2. The second-order valence-electron chi connectivity index (χ2n) is 5.25. The molecule has 22 heavy (non-hydrogen) atoms. The predicted octanol–water partition coefficient (Wildman–Crippen LogP) is 5.70. The number of halogens is 2. The molecule has 0 aromatic heterocycles. The topological polar surface area (TPSA) is 34.1 Å². The number of rotatable bonds is 9. The van der Waals surface area contributed by atoms with Crippen LogP contribution in [0.15, 0.2) is 21.5 Å². The van der Waals surface area contributed by atoms with Crippen LogP contribution in [-0.4, -0.2) is 10.9 Å². The van der Waals surface area contributed by atoms with E-state index >= 15 is 0 Å². The highest BCUT2D eigenvalue weighted by Gasteiger charge is 2.18. The Morgan fingerprint density at radius 1 is 1.14 bits per heavy atom. The fraction of sp³-hybridized carbons (Fsp3) is 0.529. The predicted molar refractivity (Wildman–Crippen MR) is 92.7 cm³/mol. The Kier molecular flexibility index (Phi) is 8.95. The van der Waals surface area contributed by atoms with E-state index < -0.39 is 5.82 Å². The summed E-state index contributed by atoms with van der Waals surface area (Å²) in [6, 6.07) is 3.32. The van der Waals surface area contributed by atoms with Crippen LogP contribution in [0.5, 0.6) is 0 Å². The molecule has 0 N–H and O–H groups in total. The van der Waals surface area contributed by atoms with E-state index in [1.807, 2.05) is 13.8 Å². The zero-order valence-corrected chi connectivity index (χ0v) is 15.5. The molecule has 0 aliphatic carbocycles. The van der Waals surface area contributed by atoms with Crippen molar-refractivity contribution in [1.29, 1.82) is 0 Å². The smallest absolute Gasteiger partial charge is 0.193 e. The maximum absolute atomic E-state index is 14.3. The van der Waals surface area contributed by atoms with Crippen LogP contribution in [-0.2, 0) is 16.0 Å². The van der Waals surface area contributed by atoms with E-state index in [1.165, 1.54) is 0 Å². The molecule has 2 nitrogen and oxygen atoms in total. The van der Waals surface area contributed by atoms with Crippen molar-refractivity contribution in [2.45, 2.75) is 63.7 Å². The average molecular weight is 389 g/mol. The number of benzene rings is 1. The summed E-state index contributed by atoms with van der Waals surface area (Å²) in [5.41, 5.74) is 0.608. The molecular formula is C17H22BrFO2S. The molecule has 0 saturated heterocycles. The SMILES string of the molecule is CCCCC(=O)Cc1ccc(Br)c(F)c1SC(=O)CCCC. The van der Waals surface area contributed by atoms with Crippen LogP contribution in [0.25, 0.3) is 0 Å². The molecule has 5 heteroatoms. The molecule has 0 atom stereocenters. The Hall–Kier alpha value is -0.680. The summed E-state index contributed by atoms with van der Waals surface area (Å²) in [4.78, 5) is 24.2. The lowest BCUT2D eigenvalue weighted by molar-refractivity contribution is -0.118. The highest BCUT2D eigenvalue weighted by molar-refractivity contribution is 9.10. The van der Waals surface area contributed by atoms with Crippen molar-refractivity contribution in [3.05, 3.63) is 28.0 Å². The molecule has 0 amide bonds. The lowest BCUT2D eigenvalue weighted by Crippen LogP contribution is -2.06. The van der Waals surface area contributed by atoms with Gasteiger partial charge in [0.2, 0.25) is 0 Å². The Labute approximate surface area is 144 Å². The van der Waals surface area contributed by atoms with Crippen molar-refractivity contribution >= 4 is 38.6 Å². The van der Waals surface area contributed by atoms with E-state index in [9.17, 15) is 14.0 Å². The fourth-order valence-electron chi connectivity index (χ4n) is 1.98. The minimum Gasteiger partial charge on any atom is -0.299 e. The van der Waals surface area contributed by atoms with Crippen molar-refractivity contribution < 1.29 is 14.0 Å². The zero-order chi connectivity index (χ0) is 16.5. The number of unbranched alkanes of at least 4 members (excludes halogenated alkanes) is 2. The summed E-state index contributed by atoms with van der Waals surface area (Å²) in [7, 11) is 0. The normalized spacial score (nSPS) is 10.7. The van der Waals surface area contributed by atoms with Gasteiger partial charge in [-0.1, -0.05) is 32.8 Å². The minimum atomic E-state index is -0.448. The molecule has 0 bridgehead atoms. The summed E-state index contributed by atoms with van der Waals surface area (Å²) in [5, 5.41) is -0.0545. The van der Waals surface area contributed by atoms with E-state index in [2.05, 4.69) is 15.9 Å². The molecule has 0 heterocycles. The number of carbonyl (C=O) groups is 2. The molecule has 0 fully saturated rings. The van der Waals surface area contributed by atoms with Gasteiger partial charge in [0.15, 0.2) is 10.9 Å². The maximum atomic E-state index is 14.3. The van der Waals surface area contributed by atoms with Crippen molar-refractivity contribution in [3.8, 4) is 0 Å². The summed E-state index contributed by atoms with van der Waals surface area (Å²) < 4.78 is 14.6. The van der Waals surface area contributed by atoms with Gasteiger partial charge in [-0.05, 0) is 52.2 Å². The van der Waals surface area contributed by atoms with Crippen LogP contribution in [0.4, 0.5) is 4.39 Å². The first-order chi connectivity index (χ1) is 10.5. The largest absolute Gasteiger partial charge is 0.299 e.